The molecule has 0 spiro atoms. The highest BCUT2D eigenvalue weighted by molar-refractivity contribution is 5.46. The largest absolute Gasteiger partial charge is 0.495 e. The van der Waals surface area contributed by atoms with Crippen LogP contribution in [0.15, 0.2) is 12.3 Å². The molecule has 2 aromatic rings. The highest BCUT2D eigenvalue weighted by atomic mass is 16.7. The second kappa shape index (κ2) is 3.25. The summed E-state index contributed by atoms with van der Waals surface area (Å²) in [5.41, 5.74) is 0.876. The molecule has 0 saturated carbocycles. The number of ether oxygens (including phenoxy) is 1. The second-order valence-corrected chi connectivity index (χ2v) is 2.94. The van der Waals surface area contributed by atoms with Gasteiger partial charge in [-0.3, -0.25) is 0 Å². The van der Waals surface area contributed by atoms with Gasteiger partial charge in [-0.15, -0.1) is 9.83 Å². The maximum Gasteiger partial charge on any atom is 0.175 e. The average molecular weight is 195 g/mol. The first-order valence-electron chi connectivity index (χ1n) is 4.51. The molecule has 0 aliphatic carbocycles. The molecule has 76 valence electrons. The molecule has 0 atom stereocenters. The van der Waals surface area contributed by atoms with Gasteiger partial charge in [0.25, 0.3) is 0 Å². The number of aryl methyl sites for hydroxylation is 1. The fourth-order valence-electron chi connectivity index (χ4n) is 1.41. The number of aromatic nitrogens is 3. The van der Waals surface area contributed by atoms with E-state index in [2.05, 4.69) is 5.10 Å². The van der Waals surface area contributed by atoms with Gasteiger partial charge in [0.15, 0.2) is 11.5 Å². The third-order valence-electron chi connectivity index (χ3n) is 2.00. The molecule has 14 heavy (non-hydrogen) atoms. The van der Waals surface area contributed by atoms with Crippen molar-refractivity contribution in [1.82, 2.24) is 14.3 Å². The number of hydrogen-bond acceptors (Lipinski definition) is 3. The predicted molar refractivity (Wildman–Crippen MR) is 51.6 cm³/mol. The number of nitrogens with zero attached hydrogens (tertiary/aromatic N) is 3. The zero-order valence-corrected chi connectivity index (χ0v) is 8.52. The van der Waals surface area contributed by atoms with Crippen LogP contribution in [0.5, 0.6) is 5.75 Å². The van der Waals surface area contributed by atoms with Crippen LogP contribution >= 0.6 is 0 Å². The Bertz CT molecular complexity index is 444. The normalized spacial score (nSPS) is 10.8. The third kappa shape index (κ3) is 1.21. The first kappa shape index (κ1) is 8.93. The summed E-state index contributed by atoms with van der Waals surface area (Å²) in [5.74, 6) is 1.60. The van der Waals surface area contributed by atoms with Crippen LogP contribution in [-0.2, 0) is 0 Å². The molecule has 0 saturated heterocycles. The summed E-state index contributed by atoms with van der Waals surface area (Å²) in [5, 5.41) is 4.27. The molecule has 0 N–H and O–H groups in total. The van der Waals surface area contributed by atoms with E-state index in [4.69, 9.17) is 9.57 Å². The van der Waals surface area contributed by atoms with Crippen molar-refractivity contribution in [2.45, 2.75) is 13.8 Å². The van der Waals surface area contributed by atoms with E-state index in [0.717, 1.165) is 17.2 Å². The summed E-state index contributed by atoms with van der Waals surface area (Å²) in [4.78, 5) is 5.43. The number of fused-ring (bicyclic) bond motifs is 1. The van der Waals surface area contributed by atoms with Gasteiger partial charge in [0, 0.05) is 6.07 Å². The molecule has 5 heteroatoms. The van der Waals surface area contributed by atoms with Gasteiger partial charge in [0.2, 0.25) is 0 Å². The van der Waals surface area contributed by atoms with Gasteiger partial charge < -0.3 is 9.57 Å². The quantitative estimate of drug-likeness (QED) is 0.730. The molecule has 0 aliphatic heterocycles. The first-order valence-corrected chi connectivity index (χ1v) is 4.51. The Hall–Kier alpha value is -1.65. The smallest absolute Gasteiger partial charge is 0.175 e. The topological polar surface area (TPSA) is 40.7 Å². The molecule has 0 aromatic carbocycles. The Kier molecular flexibility index (Phi) is 2.07. The van der Waals surface area contributed by atoms with Crippen LogP contribution in [0.1, 0.15) is 12.7 Å². The van der Waals surface area contributed by atoms with Gasteiger partial charge in [-0.05, 0) is 13.8 Å². The summed E-state index contributed by atoms with van der Waals surface area (Å²) in [6.07, 6.45) is 1.82. The molecule has 5 nitrogen and oxygen atoms in total. The van der Waals surface area contributed by atoms with Crippen LogP contribution in [0.2, 0.25) is 0 Å². The van der Waals surface area contributed by atoms with Crippen molar-refractivity contribution < 1.29 is 9.57 Å². The lowest BCUT2D eigenvalue weighted by molar-refractivity contribution is 0.125. The molecule has 0 fully saturated rings. The van der Waals surface area contributed by atoms with E-state index in [0.29, 0.717) is 6.61 Å². The highest BCUT2D eigenvalue weighted by Crippen LogP contribution is 2.16. The standard InChI is InChI=1S/C9H13N3O2/c1-4-14-12-7(2)10-11-6-8(13-3)5-9(11)12/h5-6H,4H2,1-3H3. The molecule has 0 unspecified atom stereocenters. The molecule has 2 heterocycles. The Balaban J connectivity index is 2.54. The second-order valence-electron chi connectivity index (χ2n) is 2.94. The minimum Gasteiger partial charge on any atom is -0.495 e. The maximum atomic E-state index is 5.43. The van der Waals surface area contributed by atoms with Crippen LogP contribution < -0.4 is 9.57 Å². The number of hydrogen-bond donors (Lipinski definition) is 0. The average Bonchev–Trinajstić information content (AvgIpc) is 2.67. The molecule has 0 amide bonds. The van der Waals surface area contributed by atoms with Crippen LogP contribution in [-0.4, -0.2) is 28.1 Å². The van der Waals surface area contributed by atoms with E-state index in [9.17, 15) is 0 Å². The summed E-state index contributed by atoms with van der Waals surface area (Å²) in [6, 6.07) is 1.88. The summed E-state index contributed by atoms with van der Waals surface area (Å²) in [7, 11) is 1.63. The molecule has 0 radical (unpaired) electrons. The number of rotatable bonds is 3. The van der Waals surface area contributed by atoms with Gasteiger partial charge in [0.05, 0.1) is 13.3 Å². The lowest BCUT2D eigenvalue weighted by Gasteiger charge is -2.03. The molecular weight excluding hydrogens is 182 g/mol. The van der Waals surface area contributed by atoms with E-state index in [-0.39, 0.29) is 0 Å². The van der Waals surface area contributed by atoms with Crippen LogP contribution in [0.4, 0.5) is 0 Å². The minimum atomic E-state index is 0.611. The van der Waals surface area contributed by atoms with Crippen LogP contribution in [0, 0.1) is 6.92 Å². The molecule has 2 rings (SSSR count). The maximum absolute atomic E-state index is 5.43. The summed E-state index contributed by atoms with van der Waals surface area (Å²) >= 11 is 0. The van der Waals surface area contributed by atoms with Gasteiger partial charge in [-0.2, -0.15) is 0 Å². The fraction of sp³-hybridized carbons (Fsp3) is 0.444. The van der Waals surface area contributed by atoms with Gasteiger partial charge in [0.1, 0.15) is 12.4 Å². The third-order valence-corrected chi connectivity index (χ3v) is 2.00. The Labute approximate surface area is 81.8 Å². The molecule has 2 aromatic heterocycles. The SMILES string of the molecule is CCOn1c(C)nn2cc(OC)cc12. The fourth-order valence-corrected chi connectivity index (χ4v) is 1.41. The van der Waals surface area contributed by atoms with Crippen molar-refractivity contribution in [1.29, 1.82) is 0 Å². The molecule has 0 aliphatic rings. The van der Waals surface area contributed by atoms with E-state index in [1.807, 2.05) is 26.1 Å². The van der Waals surface area contributed by atoms with Crippen molar-refractivity contribution >= 4 is 5.65 Å². The predicted octanol–water partition coefficient (Wildman–Crippen LogP) is 0.901. The molecular formula is C9H13N3O2. The van der Waals surface area contributed by atoms with Crippen LogP contribution in [0.3, 0.4) is 0 Å². The van der Waals surface area contributed by atoms with Crippen molar-refractivity contribution in [3.63, 3.8) is 0 Å². The summed E-state index contributed by atoms with van der Waals surface area (Å²) in [6.45, 7) is 4.45. The van der Waals surface area contributed by atoms with E-state index >= 15 is 0 Å². The van der Waals surface area contributed by atoms with Crippen molar-refractivity contribution in [2.75, 3.05) is 13.7 Å². The van der Waals surface area contributed by atoms with Crippen LogP contribution in [0.25, 0.3) is 5.65 Å². The van der Waals surface area contributed by atoms with Crippen molar-refractivity contribution in [2.24, 2.45) is 0 Å². The molecule has 0 bridgehead atoms. The number of methoxy groups -OCH3 is 1. The lowest BCUT2D eigenvalue weighted by atomic mass is 10.6. The van der Waals surface area contributed by atoms with E-state index in [1.165, 1.54) is 0 Å². The Morgan fingerprint density at radius 2 is 2.29 bits per heavy atom. The zero-order valence-electron chi connectivity index (χ0n) is 8.52. The van der Waals surface area contributed by atoms with Gasteiger partial charge in [-0.25, -0.2) is 4.52 Å². The van der Waals surface area contributed by atoms with E-state index in [1.54, 1.807) is 16.4 Å². The van der Waals surface area contributed by atoms with Crippen molar-refractivity contribution in [3.05, 3.63) is 18.1 Å². The van der Waals surface area contributed by atoms with Gasteiger partial charge >= 0.3 is 0 Å². The zero-order chi connectivity index (χ0) is 10.1. The van der Waals surface area contributed by atoms with Gasteiger partial charge in [-0.1, -0.05) is 0 Å². The first-order chi connectivity index (χ1) is 6.76. The van der Waals surface area contributed by atoms with E-state index < -0.39 is 0 Å². The van der Waals surface area contributed by atoms with Crippen molar-refractivity contribution in [3.8, 4) is 5.75 Å². The Morgan fingerprint density at radius 1 is 1.50 bits per heavy atom. The lowest BCUT2D eigenvalue weighted by Crippen LogP contribution is -2.11. The highest BCUT2D eigenvalue weighted by Gasteiger charge is 2.10. The Morgan fingerprint density at radius 3 is 2.93 bits per heavy atom. The minimum absolute atomic E-state index is 0.611. The summed E-state index contributed by atoms with van der Waals surface area (Å²) < 4.78 is 8.54. The monoisotopic (exact) mass is 195 g/mol.